The van der Waals surface area contributed by atoms with Gasteiger partial charge in [0, 0.05) is 54.4 Å². The van der Waals surface area contributed by atoms with Gasteiger partial charge in [-0.25, -0.2) is 9.97 Å². The Balaban J connectivity index is 1.95. The zero-order valence-corrected chi connectivity index (χ0v) is 15.1. The molecule has 4 aromatic rings. The minimum absolute atomic E-state index is 0.532. The van der Waals surface area contributed by atoms with Crippen LogP contribution in [-0.4, -0.2) is 31.5 Å². The number of aryl methyl sites for hydroxylation is 1. The summed E-state index contributed by atoms with van der Waals surface area (Å²) in [4.78, 5) is 13.5. The minimum Gasteiger partial charge on any atom is -0.387 e. The molecule has 0 aliphatic carbocycles. The SMILES string of the molecule is CC[C@@H](O)c1cc(C)c(-c2cc3cnc(NC)cc3n3ccnc23)cn1. The van der Waals surface area contributed by atoms with Crippen LogP contribution in [0.15, 0.2) is 43.0 Å². The van der Waals surface area contributed by atoms with Gasteiger partial charge in [-0.05, 0) is 31.0 Å². The number of aromatic nitrogens is 4. The fourth-order valence-electron chi connectivity index (χ4n) is 3.28. The second kappa shape index (κ2) is 6.38. The van der Waals surface area contributed by atoms with Crippen molar-refractivity contribution in [1.29, 1.82) is 0 Å². The Hall–Kier alpha value is -2.99. The lowest BCUT2D eigenvalue weighted by Gasteiger charge is -2.13. The monoisotopic (exact) mass is 347 g/mol. The van der Waals surface area contributed by atoms with Gasteiger partial charge in [0.05, 0.1) is 17.3 Å². The molecule has 2 N–H and O–H groups in total. The summed E-state index contributed by atoms with van der Waals surface area (Å²) in [5.41, 5.74) is 5.70. The smallest absolute Gasteiger partial charge is 0.145 e. The molecule has 26 heavy (non-hydrogen) atoms. The molecule has 0 aliphatic rings. The van der Waals surface area contributed by atoms with Crippen LogP contribution >= 0.6 is 0 Å². The first kappa shape index (κ1) is 16.5. The molecule has 0 amide bonds. The molecular formula is C20H21N5O. The van der Waals surface area contributed by atoms with Crippen LogP contribution in [0.5, 0.6) is 0 Å². The summed E-state index contributed by atoms with van der Waals surface area (Å²) < 4.78 is 2.07. The molecule has 0 saturated heterocycles. The van der Waals surface area contributed by atoms with Gasteiger partial charge in [-0.15, -0.1) is 0 Å². The van der Waals surface area contributed by atoms with Crippen LogP contribution in [0.2, 0.25) is 0 Å². The number of hydrogen-bond donors (Lipinski definition) is 2. The number of anilines is 1. The maximum atomic E-state index is 10.1. The van der Waals surface area contributed by atoms with Crippen LogP contribution in [0.25, 0.3) is 27.7 Å². The molecule has 132 valence electrons. The van der Waals surface area contributed by atoms with E-state index >= 15 is 0 Å². The van der Waals surface area contributed by atoms with Crippen LogP contribution in [0.1, 0.15) is 30.7 Å². The van der Waals surface area contributed by atoms with Gasteiger partial charge >= 0.3 is 0 Å². The molecule has 6 heteroatoms. The third-order valence-electron chi connectivity index (χ3n) is 4.76. The third kappa shape index (κ3) is 2.59. The number of hydrogen-bond acceptors (Lipinski definition) is 5. The molecule has 0 fully saturated rings. The van der Waals surface area contributed by atoms with E-state index in [1.165, 1.54) is 0 Å². The van der Waals surface area contributed by atoms with Gasteiger partial charge in [0.15, 0.2) is 0 Å². The molecule has 0 aliphatic heterocycles. The fourth-order valence-corrected chi connectivity index (χ4v) is 3.28. The highest BCUT2D eigenvalue weighted by molar-refractivity contribution is 5.92. The van der Waals surface area contributed by atoms with E-state index in [9.17, 15) is 5.11 Å². The highest BCUT2D eigenvalue weighted by Crippen LogP contribution is 2.32. The van der Waals surface area contributed by atoms with Gasteiger partial charge in [0.25, 0.3) is 0 Å². The number of aliphatic hydroxyl groups is 1. The molecule has 0 unspecified atom stereocenters. The minimum atomic E-state index is -0.532. The third-order valence-corrected chi connectivity index (χ3v) is 4.76. The number of fused-ring (bicyclic) bond motifs is 3. The first-order chi connectivity index (χ1) is 12.6. The lowest BCUT2D eigenvalue weighted by atomic mass is 10.0. The summed E-state index contributed by atoms with van der Waals surface area (Å²) >= 11 is 0. The van der Waals surface area contributed by atoms with E-state index in [-0.39, 0.29) is 0 Å². The highest BCUT2D eigenvalue weighted by Gasteiger charge is 2.15. The Kier molecular flexibility index (Phi) is 4.05. The molecule has 0 spiro atoms. The average Bonchev–Trinajstić information content (AvgIpc) is 3.16. The summed E-state index contributed by atoms with van der Waals surface area (Å²) in [5.74, 6) is 0.816. The molecule has 4 heterocycles. The topological polar surface area (TPSA) is 75.3 Å². The van der Waals surface area contributed by atoms with E-state index in [1.54, 1.807) is 6.20 Å². The van der Waals surface area contributed by atoms with E-state index in [0.717, 1.165) is 39.1 Å². The second-order valence-corrected chi connectivity index (χ2v) is 6.41. The standard InChI is InChI=1S/C20H21N5O/c1-4-18(26)16-7-12(2)15(11-23-16)14-8-13-10-24-19(21-3)9-17(13)25-6-5-22-20(14)25/h5-11,18,26H,4H2,1-3H3,(H,21,24)/t18-/m1/s1. The van der Waals surface area contributed by atoms with Crippen molar-refractivity contribution < 1.29 is 5.11 Å². The maximum Gasteiger partial charge on any atom is 0.145 e. The summed E-state index contributed by atoms with van der Waals surface area (Å²) in [6.07, 6.45) is 7.56. The first-order valence-electron chi connectivity index (χ1n) is 8.71. The van der Waals surface area contributed by atoms with Crippen molar-refractivity contribution >= 4 is 22.4 Å². The predicted octanol–water partition coefficient (Wildman–Crippen LogP) is 3.74. The number of pyridine rings is 3. The number of nitrogens with one attached hydrogen (secondary N) is 1. The highest BCUT2D eigenvalue weighted by atomic mass is 16.3. The quantitative estimate of drug-likeness (QED) is 0.588. The number of rotatable bonds is 4. The van der Waals surface area contributed by atoms with Crippen LogP contribution in [0, 0.1) is 6.92 Å². The van der Waals surface area contributed by atoms with E-state index in [4.69, 9.17) is 0 Å². The van der Waals surface area contributed by atoms with Crippen molar-refractivity contribution in [2.45, 2.75) is 26.4 Å². The van der Waals surface area contributed by atoms with Gasteiger partial charge in [-0.3, -0.25) is 9.38 Å². The van der Waals surface area contributed by atoms with Crippen LogP contribution in [-0.2, 0) is 0 Å². The Morgan fingerprint density at radius 3 is 2.69 bits per heavy atom. The van der Waals surface area contributed by atoms with Crippen molar-refractivity contribution in [3.05, 3.63) is 54.2 Å². The van der Waals surface area contributed by atoms with Crippen molar-refractivity contribution in [2.75, 3.05) is 12.4 Å². The molecule has 0 bridgehead atoms. The Labute approximate surface area is 151 Å². The normalized spacial score (nSPS) is 12.6. The summed E-state index contributed by atoms with van der Waals surface area (Å²) in [7, 11) is 1.86. The van der Waals surface area contributed by atoms with Crippen molar-refractivity contribution in [1.82, 2.24) is 19.4 Å². The molecule has 1 atom stereocenters. The summed E-state index contributed by atoms with van der Waals surface area (Å²) in [6.45, 7) is 3.98. The van der Waals surface area contributed by atoms with Gasteiger partial charge in [0.1, 0.15) is 11.5 Å². The lowest BCUT2D eigenvalue weighted by molar-refractivity contribution is 0.169. The molecule has 4 aromatic heterocycles. The van der Waals surface area contributed by atoms with Gasteiger partial charge in [-0.2, -0.15) is 0 Å². The number of nitrogens with zero attached hydrogens (tertiary/aromatic N) is 4. The van der Waals surface area contributed by atoms with Gasteiger partial charge in [-0.1, -0.05) is 6.92 Å². The molecule has 4 rings (SSSR count). The van der Waals surface area contributed by atoms with Gasteiger partial charge < -0.3 is 10.4 Å². The van der Waals surface area contributed by atoms with Crippen LogP contribution in [0.3, 0.4) is 0 Å². The second-order valence-electron chi connectivity index (χ2n) is 6.41. The molecule has 0 saturated carbocycles. The van der Waals surface area contributed by atoms with Gasteiger partial charge in [0.2, 0.25) is 0 Å². The zero-order valence-electron chi connectivity index (χ0n) is 15.1. The summed E-state index contributed by atoms with van der Waals surface area (Å²) in [5, 5.41) is 14.2. The molecular weight excluding hydrogens is 326 g/mol. The zero-order chi connectivity index (χ0) is 18.3. The Morgan fingerprint density at radius 1 is 1.12 bits per heavy atom. The largest absolute Gasteiger partial charge is 0.387 e. The maximum absolute atomic E-state index is 10.1. The van der Waals surface area contributed by atoms with Crippen molar-refractivity contribution in [3.63, 3.8) is 0 Å². The van der Waals surface area contributed by atoms with Crippen LogP contribution in [0.4, 0.5) is 5.82 Å². The number of aliphatic hydroxyl groups excluding tert-OH is 1. The predicted molar refractivity (Wildman–Crippen MR) is 103 cm³/mol. The number of imidazole rings is 1. The van der Waals surface area contributed by atoms with E-state index in [1.807, 2.05) is 51.6 Å². The Bertz CT molecular complexity index is 1100. The fraction of sp³-hybridized carbons (Fsp3) is 0.250. The van der Waals surface area contributed by atoms with Crippen molar-refractivity contribution in [3.8, 4) is 11.1 Å². The molecule has 6 nitrogen and oxygen atoms in total. The van der Waals surface area contributed by atoms with E-state index in [2.05, 4.69) is 30.7 Å². The van der Waals surface area contributed by atoms with Crippen molar-refractivity contribution in [2.24, 2.45) is 0 Å². The first-order valence-corrected chi connectivity index (χ1v) is 8.71. The summed E-state index contributed by atoms with van der Waals surface area (Å²) in [6, 6.07) is 6.07. The molecule has 0 radical (unpaired) electrons. The Morgan fingerprint density at radius 2 is 1.96 bits per heavy atom. The van der Waals surface area contributed by atoms with Crippen LogP contribution < -0.4 is 5.32 Å². The van der Waals surface area contributed by atoms with E-state index in [0.29, 0.717) is 12.1 Å². The molecule has 0 aromatic carbocycles. The van der Waals surface area contributed by atoms with E-state index < -0.39 is 6.10 Å². The average molecular weight is 347 g/mol. The lowest BCUT2D eigenvalue weighted by Crippen LogP contribution is -2.01.